The summed E-state index contributed by atoms with van der Waals surface area (Å²) in [7, 11) is 1.59. The van der Waals surface area contributed by atoms with Gasteiger partial charge in [0.2, 0.25) is 5.91 Å². The second-order valence-electron chi connectivity index (χ2n) is 5.79. The Bertz CT molecular complexity index is 760. The topological polar surface area (TPSA) is 109 Å². The van der Waals surface area contributed by atoms with Gasteiger partial charge >= 0.3 is 0 Å². The highest BCUT2D eigenvalue weighted by Crippen LogP contribution is 2.38. The van der Waals surface area contributed by atoms with Crippen LogP contribution in [0.2, 0.25) is 0 Å². The number of thioether (sulfide) groups is 1. The number of ether oxygens (including phenoxy) is 1. The molecule has 0 radical (unpaired) electrons. The van der Waals surface area contributed by atoms with Crippen LogP contribution in [0.3, 0.4) is 0 Å². The van der Waals surface area contributed by atoms with E-state index in [9.17, 15) is 9.59 Å². The minimum atomic E-state index is -0.170. The molecule has 2 amide bonds. The maximum Gasteiger partial charge on any atom is 0.254 e. The number of nitrogens with zero attached hydrogens (tertiary/aromatic N) is 2. The summed E-state index contributed by atoms with van der Waals surface area (Å²) in [5.41, 5.74) is 1.69. The van der Waals surface area contributed by atoms with Gasteiger partial charge in [-0.3, -0.25) is 14.7 Å². The first-order chi connectivity index (χ1) is 12.7. The summed E-state index contributed by atoms with van der Waals surface area (Å²) in [4.78, 5) is 30.2. The second-order valence-corrected chi connectivity index (χ2v) is 7.86. The predicted molar refractivity (Wildman–Crippen MR) is 101 cm³/mol. The molecule has 0 bridgehead atoms. The summed E-state index contributed by atoms with van der Waals surface area (Å²) < 4.78 is 4.99. The molecule has 26 heavy (non-hydrogen) atoms. The Morgan fingerprint density at radius 3 is 3.00 bits per heavy atom. The Hall–Kier alpha value is -1.91. The summed E-state index contributed by atoms with van der Waals surface area (Å²) in [6.07, 6.45) is 5.42. The molecule has 0 saturated heterocycles. The van der Waals surface area contributed by atoms with Crippen LogP contribution in [0.1, 0.15) is 33.6 Å². The number of aromatic amines is 1. The number of H-pyrrole nitrogens is 1. The highest BCUT2D eigenvalue weighted by molar-refractivity contribution is 7.99. The third kappa shape index (κ3) is 4.63. The van der Waals surface area contributed by atoms with Gasteiger partial charge in [-0.1, -0.05) is 11.8 Å². The van der Waals surface area contributed by atoms with Crippen molar-refractivity contribution in [2.75, 3.05) is 31.3 Å². The van der Waals surface area contributed by atoms with Gasteiger partial charge in [0.25, 0.3) is 5.91 Å². The normalized spacial score (nSPS) is 13.3. The van der Waals surface area contributed by atoms with E-state index >= 15 is 0 Å². The molecule has 3 rings (SSSR count). The number of amides is 2. The zero-order chi connectivity index (χ0) is 18.4. The second kappa shape index (κ2) is 9.15. The van der Waals surface area contributed by atoms with Gasteiger partial charge in [0.1, 0.15) is 11.3 Å². The molecule has 1 aliphatic carbocycles. The molecular formula is C16H21N5O3S2. The third-order valence-electron chi connectivity index (χ3n) is 3.98. The smallest absolute Gasteiger partial charge is 0.254 e. The summed E-state index contributed by atoms with van der Waals surface area (Å²) in [5, 5.41) is 13.4. The Labute approximate surface area is 159 Å². The lowest BCUT2D eigenvalue weighted by atomic mass is 9.95. The van der Waals surface area contributed by atoms with Gasteiger partial charge in [-0.15, -0.1) is 11.3 Å². The highest BCUT2D eigenvalue weighted by atomic mass is 32.2. The maximum atomic E-state index is 12.7. The number of hydrogen-bond acceptors (Lipinski definition) is 7. The standard InChI is InChI=1S/C16H21N5O3S2/c1-24-7-6-17-14(23)13-10-4-2-3-5-11(10)26-15(13)20-12(22)8-25-16-18-9-19-21-16/h9H,2-8H2,1H3,(H,17,23)(H,20,22)(H,18,19,21). The van der Waals surface area contributed by atoms with Gasteiger partial charge in [-0.2, -0.15) is 5.10 Å². The van der Waals surface area contributed by atoms with Gasteiger partial charge in [0, 0.05) is 18.5 Å². The van der Waals surface area contributed by atoms with Gasteiger partial charge < -0.3 is 15.4 Å². The molecule has 0 spiro atoms. The van der Waals surface area contributed by atoms with Crippen LogP contribution in [0.25, 0.3) is 0 Å². The van der Waals surface area contributed by atoms with E-state index in [2.05, 4.69) is 25.8 Å². The number of anilines is 1. The summed E-state index contributed by atoms with van der Waals surface area (Å²) in [6, 6.07) is 0. The first-order valence-corrected chi connectivity index (χ1v) is 10.2. The van der Waals surface area contributed by atoms with Crippen LogP contribution in [-0.4, -0.2) is 53.0 Å². The molecule has 0 aromatic carbocycles. The fraction of sp³-hybridized carbons (Fsp3) is 0.500. The van der Waals surface area contributed by atoms with Crippen LogP contribution in [0.15, 0.2) is 11.5 Å². The first-order valence-electron chi connectivity index (χ1n) is 8.38. The van der Waals surface area contributed by atoms with E-state index in [0.717, 1.165) is 31.2 Å². The van der Waals surface area contributed by atoms with Crippen LogP contribution in [0.5, 0.6) is 0 Å². The lowest BCUT2D eigenvalue weighted by Crippen LogP contribution is -2.29. The van der Waals surface area contributed by atoms with Gasteiger partial charge in [0.15, 0.2) is 5.16 Å². The molecule has 0 atom stereocenters. The number of aromatic nitrogens is 3. The predicted octanol–water partition coefficient (Wildman–Crippen LogP) is 1.85. The number of aryl methyl sites for hydroxylation is 1. The number of nitrogens with one attached hydrogen (secondary N) is 3. The van der Waals surface area contributed by atoms with E-state index in [4.69, 9.17) is 4.74 Å². The maximum absolute atomic E-state index is 12.7. The van der Waals surface area contributed by atoms with Crippen molar-refractivity contribution in [1.29, 1.82) is 0 Å². The monoisotopic (exact) mass is 395 g/mol. The van der Waals surface area contributed by atoms with Crippen molar-refractivity contribution < 1.29 is 14.3 Å². The number of hydrogen-bond donors (Lipinski definition) is 3. The largest absolute Gasteiger partial charge is 0.383 e. The highest BCUT2D eigenvalue weighted by Gasteiger charge is 2.26. The Balaban J connectivity index is 1.71. The molecule has 2 aromatic rings. The molecule has 2 aromatic heterocycles. The SMILES string of the molecule is COCCNC(=O)c1c(NC(=O)CSc2ncn[nH]2)sc2c1CCCC2. The number of carbonyl (C=O) groups is 2. The molecule has 8 nitrogen and oxygen atoms in total. The van der Waals surface area contributed by atoms with E-state index in [1.807, 2.05) is 0 Å². The molecule has 140 valence electrons. The average Bonchev–Trinajstić information content (AvgIpc) is 3.27. The quantitative estimate of drug-likeness (QED) is 0.465. The van der Waals surface area contributed by atoms with E-state index in [-0.39, 0.29) is 17.6 Å². The Morgan fingerprint density at radius 1 is 1.38 bits per heavy atom. The lowest BCUT2D eigenvalue weighted by Gasteiger charge is -2.13. The van der Waals surface area contributed by atoms with Crippen molar-refractivity contribution in [3.8, 4) is 0 Å². The fourth-order valence-electron chi connectivity index (χ4n) is 2.81. The minimum absolute atomic E-state index is 0.153. The molecule has 10 heteroatoms. The molecule has 3 N–H and O–H groups in total. The van der Waals surface area contributed by atoms with Crippen LogP contribution >= 0.6 is 23.1 Å². The summed E-state index contributed by atoms with van der Waals surface area (Å²) >= 11 is 2.78. The van der Waals surface area contributed by atoms with Crippen LogP contribution in [-0.2, 0) is 22.4 Å². The van der Waals surface area contributed by atoms with Crippen LogP contribution < -0.4 is 10.6 Å². The van der Waals surface area contributed by atoms with Crippen molar-refractivity contribution in [3.05, 3.63) is 22.3 Å². The van der Waals surface area contributed by atoms with Crippen LogP contribution in [0, 0.1) is 0 Å². The van der Waals surface area contributed by atoms with Crippen molar-refractivity contribution >= 4 is 39.9 Å². The minimum Gasteiger partial charge on any atom is -0.383 e. The summed E-state index contributed by atoms with van der Waals surface area (Å²) in [6.45, 7) is 0.891. The van der Waals surface area contributed by atoms with E-state index in [0.29, 0.717) is 28.9 Å². The lowest BCUT2D eigenvalue weighted by molar-refractivity contribution is -0.113. The third-order valence-corrected chi connectivity index (χ3v) is 6.06. The van der Waals surface area contributed by atoms with Crippen molar-refractivity contribution in [2.45, 2.75) is 30.8 Å². The molecular weight excluding hydrogens is 374 g/mol. The van der Waals surface area contributed by atoms with E-state index in [1.165, 1.54) is 34.3 Å². The van der Waals surface area contributed by atoms with Crippen molar-refractivity contribution in [2.24, 2.45) is 0 Å². The number of carbonyl (C=O) groups excluding carboxylic acids is 2. The van der Waals surface area contributed by atoms with Crippen molar-refractivity contribution in [1.82, 2.24) is 20.5 Å². The molecule has 0 fully saturated rings. The molecule has 2 heterocycles. The van der Waals surface area contributed by atoms with Gasteiger partial charge in [0.05, 0.1) is 17.9 Å². The van der Waals surface area contributed by atoms with Gasteiger partial charge in [-0.25, -0.2) is 4.98 Å². The van der Waals surface area contributed by atoms with Crippen molar-refractivity contribution in [3.63, 3.8) is 0 Å². The number of rotatable bonds is 8. The molecule has 0 aliphatic heterocycles. The molecule has 0 unspecified atom stereocenters. The average molecular weight is 396 g/mol. The number of fused-ring (bicyclic) bond motifs is 1. The number of thiophene rings is 1. The molecule has 0 saturated carbocycles. The zero-order valence-electron chi connectivity index (χ0n) is 14.5. The van der Waals surface area contributed by atoms with Gasteiger partial charge in [-0.05, 0) is 31.2 Å². The summed E-state index contributed by atoms with van der Waals surface area (Å²) in [5.74, 6) is -0.127. The molecule has 1 aliphatic rings. The van der Waals surface area contributed by atoms with Crippen LogP contribution in [0.4, 0.5) is 5.00 Å². The fourth-order valence-corrected chi connectivity index (χ4v) is 4.69. The zero-order valence-corrected chi connectivity index (χ0v) is 16.1. The van der Waals surface area contributed by atoms with E-state index < -0.39 is 0 Å². The Morgan fingerprint density at radius 2 is 2.23 bits per heavy atom. The van der Waals surface area contributed by atoms with E-state index in [1.54, 1.807) is 7.11 Å². The first kappa shape index (κ1) is 18.9. The Kier molecular flexibility index (Phi) is 6.64. The number of methoxy groups -OCH3 is 1.